The molecule has 0 spiro atoms. The van der Waals surface area contributed by atoms with E-state index in [-0.39, 0.29) is 125 Å². The molecule has 3 atom stereocenters. The molecule has 5 aromatic carbocycles. The van der Waals surface area contributed by atoms with Crippen molar-refractivity contribution >= 4 is 70.1 Å². The topological polar surface area (TPSA) is 388 Å². The van der Waals surface area contributed by atoms with E-state index in [2.05, 4.69) is 136 Å². The first-order chi connectivity index (χ1) is 55.4. The second-order valence-corrected chi connectivity index (χ2v) is 28.4. The zero-order valence-electron chi connectivity index (χ0n) is 64.8. The molecule has 114 heavy (non-hydrogen) atoms. The lowest BCUT2D eigenvalue weighted by Gasteiger charge is -2.36. The van der Waals surface area contributed by atoms with Crippen LogP contribution in [0.15, 0.2) is 128 Å². The predicted molar refractivity (Wildman–Crippen MR) is 428 cm³/mol. The number of fused-ring (bicyclic) bond motifs is 2. The fourth-order valence-electron chi connectivity index (χ4n) is 12.5. The summed E-state index contributed by atoms with van der Waals surface area (Å²) in [6.07, 6.45) is 5.95. The summed E-state index contributed by atoms with van der Waals surface area (Å²) in [5.74, 6) is 4.10. The Morgan fingerprint density at radius 1 is 0.675 bits per heavy atom. The number of carboxylic acid groups (broad SMARTS) is 1. The van der Waals surface area contributed by atoms with Gasteiger partial charge in [0.25, 0.3) is 11.8 Å². The van der Waals surface area contributed by atoms with Crippen molar-refractivity contribution in [2.24, 2.45) is 0 Å². The maximum Gasteiger partial charge on any atom is 0.326 e. The number of anilines is 2. The van der Waals surface area contributed by atoms with Crippen LogP contribution in [-0.4, -0.2) is 198 Å². The SMILES string of the molecule is COc1ccc(C(SCCC(=O)NCCCOCCOCCOCCCn2nnc3c2CCCCCC3(F)C(=O)NCCOCCOCCOCCNC(=O)CCC(NC(=O)c2ccc(NCc3cnc4nc(N)nc(O)c4n3)cc2)C(=O)O)(c2ccc(C)cc2)c2ccc(C)c(C#CCCC(=O)NCc3ccccc3)c2)cc1. The molecule has 0 saturated heterocycles. The number of carbonyl (C=O) groups excluding carboxylic acids is 5. The van der Waals surface area contributed by atoms with E-state index in [0.717, 1.165) is 57.5 Å². The van der Waals surface area contributed by atoms with Crippen LogP contribution in [0.1, 0.15) is 137 Å². The predicted octanol–water partition coefficient (Wildman–Crippen LogP) is 8.27. The van der Waals surface area contributed by atoms with Crippen LogP contribution in [0.2, 0.25) is 0 Å². The molecule has 5 amide bonds. The van der Waals surface area contributed by atoms with Crippen LogP contribution in [0.25, 0.3) is 11.2 Å². The smallest absolute Gasteiger partial charge is 0.326 e. The number of hydrogen-bond donors (Lipinski definition) is 9. The molecule has 0 bridgehead atoms. The number of aromatic hydroxyl groups is 1. The molecule has 0 fully saturated rings. The van der Waals surface area contributed by atoms with E-state index in [1.807, 2.05) is 49.4 Å². The van der Waals surface area contributed by atoms with Crippen molar-refractivity contribution in [2.45, 2.75) is 127 Å². The molecule has 3 aromatic heterocycles. The summed E-state index contributed by atoms with van der Waals surface area (Å²) in [7, 11) is 1.65. The van der Waals surface area contributed by atoms with Gasteiger partial charge in [0.15, 0.2) is 11.2 Å². The van der Waals surface area contributed by atoms with Gasteiger partial charge in [0.05, 0.1) is 102 Å². The number of methoxy groups -OCH3 is 1. The van der Waals surface area contributed by atoms with Gasteiger partial charge in [-0.2, -0.15) is 9.97 Å². The van der Waals surface area contributed by atoms with Gasteiger partial charge >= 0.3 is 5.97 Å². The number of ether oxygens (including phenoxy) is 7. The van der Waals surface area contributed by atoms with Crippen LogP contribution in [0.5, 0.6) is 11.6 Å². The number of carboxylic acids is 1. The molecule has 0 radical (unpaired) electrons. The van der Waals surface area contributed by atoms with Crippen LogP contribution < -0.4 is 42.4 Å². The maximum atomic E-state index is 16.8. The second kappa shape index (κ2) is 46.5. The molecule has 3 unspecified atom stereocenters. The van der Waals surface area contributed by atoms with Gasteiger partial charge in [-0.1, -0.05) is 108 Å². The number of halogens is 1. The molecule has 29 nitrogen and oxygen atoms in total. The zero-order chi connectivity index (χ0) is 80.8. The monoisotopic (exact) mass is 1590 g/mol. The van der Waals surface area contributed by atoms with Gasteiger partial charge in [-0.05, 0) is 129 Å². The number of nitrogens with zero attached hydrogens (tertiary/aromatic N) is 7. The van der Waals surface area contributed by atoms with Gasteiger partial charge in [0, 0.05) is 94.2 Å². The number of aryl methyl sites for hydroxylation is 3. The third-order valence-electron chi connectivity index (χ3n) is 18.7. The molecule has 8 aromatic rings. The lowest BCUT2D eigenvalue weighted by molar-refractivity contribution is -0.139. The minimum atomic E-state index is -2.35. The fourth-order valence-corrected chi connectivity index (χ4v) is 13.9. The van der Waals surface area contributed by atoms with Gasteiger partial charge in [-0.15, -0.1) is 16.9 Å². The number of amides is 5. The Labute approximate surface area is 667 Å². The van der Waals surface area contributed by atoms with Crippen molar-refractivity contribution in [3.8, 4) is 23.5 Å². The average Bonchev–Trinajstić information content (AvgIpc) is 0.830. The Bertz CT molecular complexity index is 4460. The van der Waals surface area contributed by atoms with Crippen LogP contribution in [0.3, 0.4) is 0 Å². The van der Waals surface area contributed by atoms with Crippen LogP contribution >= 0.6 is 11.8 Å². The third kappa shape index (κ3) is 27.3. The van der Waals surface area contributed by atoms with E-state index in [0.29, 0.717) is 121 Å². The lowest BCUT2D eigenvalue weighted by Crippen LogP contribution is -2.44. The number of alkyl halides is 1. The molecule has 0 aliphatic heterocycles. The molecule has 1 aliphatic carbocycles. The van der Waals surface area contributed by atoms with Crippen molar-refractivity contribution < 1.29 is 76.5 Å². The Morgan fingerprint density at radius 3 is 2.00 bits per heavy atom. The number of aromatic nitrogens is 7. The minimum absolute atomic E-state index is 0.0213. The van der Waals surface area contributed by atoms with Gasteiger partial charge < -0.3 is 81.0 Å². The van der Waals surface area contributed by atoms with Gasteiger partial charge in [-0.25, -0.2) is 23.8 Å². The number of benzene rings is 5. The molecule has 3 heterocycles. The zero-order valence-corrected chi connectivity index (χ0v) is 65.6. The highest BCUT2D eigenvalue weighted by molar-refractivity contribution is 8.00. The Hall–Kier alpha value is -10.7. The first kappa shape index (κ1) is 87.2. The van der Waals surface area contributed by atoms with Crippen LogP contribution in [0, 0.1) is 25.7 Å². The van der Waals surface area contributed by atoms with E-state index in [4.69, 9.17) is 38.9 Å². The number of nitrogens with two attached hydrogens (primary N) is 1. The number of rotatable bonds is 48. The average molecular weight is 1590 g/mol. The van der Waals surface area contributed by atoms with Crippen LogP contribution in [-0.2, 0) is 88.9 Å². The Balaban J connectivity index is 0.581. The number of hydrogen-bond acceptors (Lipinski definition) is 23. The van der Waals surface area contributed by atoms with E-state index in [1.165, 1.54) is 18.3 Å². The number of aliphatic carboxylic acids is 1. The van der Waals surface area contributed by atoms with E-state index in [1.54, 1.807) is 35.7 Å². The van der Waals surface area contributed by atoms with E-state index in [9.17, 15) is 39.0 Å². The number of nitrogen functional groups attached to an aromatic ring is 1. The van der Waals surface area contributed by atoms with Crippen molar-refractivity contribution in [3.63, 3.8) is 0 Å². The summed E-state index contributed by atoms with van der Waals surface area (Å²) in [5.41, 5.74) is 12.5. The molecular weight excluding hydrogens is 1480 g/mol. The quantitative estimate of drug-likeness (QED) is 0.00983. The summed E-state index contributed by atoms with van der Waals surface area (Å²) >= 11 is 1.70. The summed E-state index contributed by atoms with van der Waals surface area (Å²) < 4.78 is 57.4. The Kier molecular flexibility index (Phi) is 35.6. The van der Waals surface area contributed by atoms with E-state index >= 15 is 4.39 Å². The maximum absolute atomic E-state index is 16.8. The number of nitrogens with one attached hydrogen (secondary N) is 6. The highest BCUT2D eigenvalue weighted by Crippen LogP contribution is 2.50. The highest BCUT2D eigenvalue weighted by Gasteiger charge is 2.46. The number of carbonyl (C=O) groups is 6. The van der Waals surface area contributed by atoms with Crippen molar-refractivity contribution in [1.29, 1.82) is 0 Å². The van der Waals surface area contributed by atoms with Gasteiger partial charge in [0.2, 0.25) is 35.2 Å². The first-order valence-corrected chi connectivity index (χ1v) is 39.4. The summed E-state index contributed by atoms with van der Waals surface area (Å²) in [4.78, 5) is 93.1. The largest absolute Gasteiger partial charge is 0.497 e. The molecular formula is C83H103FN14O15S. The molecule has 31 heteroatoms. The fraction of sp³-hybridized carbons (Fsp3) is 0.446. The molecule has 9 rings (SSSR count). The standard InChI is InChI=1S/C83H103FN14O15S/c1-58-19-24-63(25-20-58)83(64-27-31-68(107-3)32-28-64,65-26-21-59(2)62(54-65)16-9-10-18-71(99)90-55-60-14-6-4-7-15-60)114-53-35-73(101)86-37-12-41-108-45-49-112-50-46-109-42-13-40-98-70-17-8-5-11-36-82(84,75(70)96-97-98)80(106)88-39-44-111-48-52-113-51-47-110-43-38-87-72(100)34-33-69(79(104)105)93-77(102)61-22-29-66(30-23-61)89-56-67-57-91-76-74(92-67)78(103)95-81(85)94-76/h4,6-7,14-15,19-32,54,57,69,89H,5,8,10-13,17-18,33-53,55-56H2,1-3H3,(H,86,101)(H,87,100)(H,88,106)(H,90,99)(H,93,102)(H,104,105)(H3,85,91,94,95,103). The second-order valence-electron chi connectivity index (χ2n) is 27.0. The van der Waals surface area contributed by atoms with Crippen LogP contribution in [0.4, 0.5) is 16.0 Å². The van der Waals surface area contributed by atoms with E-state index < -0.39 is 46.0 Å². The highest BCUT2D eigenvalue weighted by atomic mass is 32.2. The van der Waals surface area contributed by atoms with Gasteiger partial charge in [0.1, 0.15) is 17.5 Å². The lowest BCUT2D eigenvalue weighted by atomic mass is 9.82. The minimum Gasteiger partial charge on any atom is -0.497 e. The summed E-state index contributed by atoms with van der Waals surface area (Å²) in [6, 6.07) is 37.8. The van der Waals surface area contributed by atoms with Crippen molar-refractivity contribution in [2.75, 3.05) is 123 Å². The molecule has 0 saturated carbocycles. The molecule has 1 aliphatic rings. The molecule has 608 valence electrons. The van der Waals surface area contributed by atoms with Crippen molar-refractivity contribution in [3.05, 3.63) is 189 Å². The molecule has 10 N–H and O–H groups in total. The normalized spacial score (nSPS) is 14.0. The summed E-state index contributed by atoms with van der Waals surface area (Å²) in [6.45, 7) is 9.46. The Morgan fingerprint density at radius 2 is 1.31 bits per heavy atom. The van der Waals surface area contributed by atoms with Crippen molar-refractivity contribution in [1.82, 2.24) is 61.5 Å². The van der Waals surface area contributed by atoms with Gasteiger partial charge in [-0.3, -0.25) is 24.0 Å². The first-order valence-electron chi connectivity index (χ1n) is 38.4. The third-order valence-corrected chi connectivity index (χ3v) is 20.2. The summed E-state index contributed by atoms with van der Waals surface area (Å²) in [5, 5.41) is 45.3. The number of thioether (sulfide) groups is 1.